The van der Waals surface area contributed by atoms with E-state index in [0.29, 0.717) is 11.8 Å². The van der Waals surface area contributed by atoms with Crippen molar-refractivity contribution in [1.82, 2.24) is 0 Å². The van der Waals surface area contributed by atoms with Gasteiger partial charge in [0.2, 0.25) is 0 Å². The molecule has 4 aromatic carbocycles. The Morgan fingerprint density at radius 1 is 0.645 bits per heavy atom. The highest BCUT2D eigenvalue weighted by Crippen LogP contribution is 2.44. The first kappa shape index (κ1) is 21.4. The van der Waals surface area contributed by atoms with E-state index in [4.69, 9.17) is 4.74 Å². The second kappa shape index (κ2) is 8.04. The van der Waals surface area contributed by atoms with Crippen LogP contribution in [0.1, 0.15) is 71.4 Å². The van der Waals surface area contributed by atoms with Gasteiger partial charge in [-0.25, -0.2) is 0 Å². The predicted molar refractivity (Wildman–Crippen MR) is 135 cm³/mol. The van der Waals surface area contributed by atoms with E-state index in [1.807, 2.05) is 0 Å². The highest BCUT2D eigenvalue weighted by molar-refractivity contribution is 6.04. The predicted octanol–water partition coefficient (Wildman–Crippen LogP) is 9.08. The zero-order valence-electron chi connectivity index (χ0n) is 19.9. The molecule has 0 aliphatic carbocycles. The molecule has 0 aliphatic heterocycles. The van der Waals surface area contributed by atoms with E-state index in [9.17, 15) is 0 Å². The summed E-state index contributed by atoms with van der Waals surface area (Å²) >= 11 is 0. The Bertz CT molecular complexity index is 1240. The van der Waals surface area contributed by atoms with Crippen molar-refractivity contribution in [3.8, 4) is 16.9 Å². The van der Waals surface area contributed by atoms with Crippen LogP contribution in [0.25, 0.3) is 32.7 Å². The maximum absolute atomic E-state index is 6.50. The van der Waals surface area contributed by atoms with Crippen molar-refractivity contribution in [2.45, 2.75) is 65.9 Å². The maximum Gasteiger partial charge on any atom is 0.128 e. The van der Waals surface area contributed by atoms with Crippen molar-refractivity contribution >= 4 is 21.5 Å². The molecule has 0 amide bonds. The normalized spacial score (nSPS) is 12.3. The van der Waals surface area contributed by atoms with E-state index in [1.54, 1.807) is 0 Å². The molecule has 31 heavy (non-hydrogen) atoms. The average molecular weight is 411 g/mol. The molecule has 0 spiro atoms. The molecule has 0 N–H and O–H groups in total. The minimum atomic E-state index is -0.267. The third kappa shape index (κ3) is 4.06. The fraction of sp³-hybridized carbons (Fsp3) is 0.333. The second-order valence-electron chi connectivity index (χ2n) is 10.2. The fourth-order valence-corrected chi connectivity index (χ4v) is 4.69. The molecule has 4 rings (SSSR count). The Kier molecular flexibility index (Phi) is 5.56. The Balaban J connectivity index is 2.12. The number of hydrogen-bond acceptors (Lipinski definition) is 1. The maximum atomic E-state index is 6.50. The topological polar surface area (TPSA) is 9.23 Å². The van der Waals surface area contributed by atoms with Crippen molar-refractivity contribution < 1.29 is 4.74 Å². The summed E-state index contributed by atoms with van der Waals surface area (Å²) in [5.41, 5.74) is 5.02. The van der Waals surface area contributed by atoms with Gasteiger partial charge in [-0.3, -0.25) is 0 Å². The highest BCUT2D eigenvalue weighted by atomic mass is 16.5. The largest absolute Gasteiger partial charge is 0.487 e. The lowest BCUT2D eigenvalue weighted by Gasteiger charge is -2.26. The van der Waals surface area contributed by atoms with Crippen molar-refractivity contribution in [3.63, 3.8) is 0 Å². The van der Waals surface area contributed by atoms with Crippen LogP contribution in [0, 0.1) is 0 Å². The van der Waals surface area contributed by atoms with Crippen molar-refractivity contribution in [3.05, 3.63) is 77.9 Å². The molecule has 0 fully saturated rings. The van der Waals surface area contributed by atoms with Gasteiger partial charge in [-0.2, -0.15) is 0 Å². The lowest BCUT2D eigenvalue weighted by atomic mass is 9.84. The average Bonchev–Trinajstić information content (AvgIpc) is 2.71. The Labute approximate surface area is 187 Å². The summed E-state index contributed by atoms with van der Waals surface area (Å²) in [6, 6.07) is 24.4. The molecule has 0 radical (unpaired) electrons. The number of fused-ring (bicyclic) bond motifs is 2. The van der Waals surface area contributed by atoms with Gasteiger partial charge in [0.25, 0.3) is 0 Å². The highest BCUT2D eigenvalue weighted by Gasteiger charge is 2.22. The van der Waals surface area contributed by atoms with Gasteiger partial charge in [-0.1, -0.05) is 88.4 Å². The molecule has 0 aliphatic rings. The number of ether oxygens (including phenoxy) is 1. The van der Waals surface area contributed by atoms with Crippen LogP contribution in [0.15, 0.2) is 66.7 Å². The van der Waals surface area contributed by atoms with E-state index < -0.39 is 0 Å². The zero-order valence-corrected chi connectivity index (χ0v) is 19.9. The first-order valence-electron chi connectivity index (χ1n) is 11.4. The Hall–Kier alpha value is -2.80. The lowest BCUT2D eigenvalue weighted by molar-refractivity contribution is 0.132. The lowest BCUT2D eigenvalue weighted by Crippen LogP contribution is -2.23. The molecule has 160 valence electrons. The van der Waals surface area contributed by atoms with Crippen molar-refractivity contribution in [2.24, 2.45) is 0 Å². The fourth-order valence-electron chi connectivity index (χ4n) is 4.69. The minimum absolute atomic E-state index is 0.267. The van der Waals surface area contributed by atoms with E-state index in [0.717, 1.165) is 5.75 Å². The van der Waals surface area contributed by atoms with Gasteiger partial charge in [-0.15, -0.1) is 0 Å². The van der Waals surface area contributed by atoms with Gasteiger partial charge in [0, 0.05) is 5.56 Å². The molecule has 0 aromatic heterocycles. The molecule has 0 heterocycles. The van der Waals surface area contributed by atoms with Crippen LogP contribution in [0.2, 0.25) is 0 Å². The van der Waals surface area contributed by atoms with E-state index >= 15 is 0 Å². The van der Waals surface area contributed by atoms with Gasteiger partial charge in [0.05, 0.1) is 0 Å². The summed E-state index contributed by atoms with van der Waals surface area (Å²) < 4.78 is 6.50. The van der Waals surface area contributed by atoms with Gasteiger partial charge in [-0.05, 0) is 76.9 Å². The van der Waals surface area contributed by atoms with Crippen LogP contribution in [0.3, 0.4) is 0 Å². The molecule has 4 aromatic rings. The van der Waals surface area contributed by atoms with Gasteiger partial charge >= 0.3 is 0 Å². The summed E-state index contributed by atoms with van der Waals surface area (Å²) in [5.74, 6) is 1.84. The van der Waals surface area contributed by atoms with Crippen molar-refractivity contribution in [1.29, 1.82) is 0 Å². The first-order chi connectivity index (χ1) is 14.7. The van der Waals surface area contributed by atoms with E-state index in [1.165, 1.54) is 43.8 Å². The zero-order chi connectivity index (χ0) is 22.3. The number of hydrogen-bond donors (Lipinski definition) is 0. The molecule has 0 bridgehead atoms. The Morgan fingerprint density at radius 2 is 1.35 bits per heavy atom. The van der Waals surface area contributed by atoms with Crippen molar-refractivity contribution in [2.75, 3.05) is 0 Å². The molecule has 1 heteroatoms. The molecular weight excluding hydrogens is 376 g/mol. The van der Waals surface area contributed by atoms with Gasteiger partial charge in [0.15, 0.2) is 0 Å². The third-order valence-corrected chi connectivity index (χ3v) is 5.91. The molecule has 0 atom stereocenters. The van der Waals surface area contributed by atoms with Crippen LogP contribution in [0.5, 0.6) is 5.75 Å². The van der Waals surface area contributed by atoms with Crippen LogP contribution < -0.4 is 4.74 Å². The summed E-state index contributed by atoms with van der Waals surface area (Å²) in [6.45, 7) is 15.5. The molecule has 0 saturated carbocycles. The quantitative estimate of drug-likeness (QED) is 0.326. The molecule has 1 nitrogen and oxygen atoms in total. The minimum Gasteiger partial charge on any atom is -0.487 e. The monoisotopic (exact) mass is 410 g/mol. The van der Waals surface area contributed by atoms with Crippen LogP contribution in [-0.2, 0) is 0 Å². The number of benzene rings is 4. The van der Waals surface area contributed by atoms with Gasteiger partial charge < -0.3 is 4.74 Å². The van der Waals surface area contributed by atoms with Crippen LogP contribution in [-0.4, -0.2) is 5.60 Å². The molecular formula is C30H34O. The van der Waals surface area contributed by atoms with E-state index in [2.05, 4.69) is 115 Å². The first-order valence-corrected chi connectivity index (χ1v) is 11.4. The summed E-state index contributed by atoms with van der Waals surface area (Å²) in [7, 11) is 0. The summed E-state index contributed by atoms with van der Waals surface area (Å²) in [6.07, 6.45) is 0. The smallest absolute Gasteiger partial charge is 0.128 e. The standard InChI is InChI=1S/C30H34O/c1-19(2)22-13-10-14-25-24(22)16-17-26(28(25)20(3)4)29-23-12-9-8-11-21(23)15-18-27(29)31-30(5,6)7/h8-20H,1-7H3. The summed E-state index contributed by atoms with van der Waals surface area (Å²) in [4.78, 5) is 0. The molecule has 0 unspecified atom stereocenters. The van der Waals surface area contributed by atoms with Gasteiger partial charge in [0.1, 0.15) is 11.4 Å². The summed E-state index contributed by atoms with van der Waals surface area (Å²) in [5, 5.41) is 5.20. The SMILES string of the molecule is CC(C)c1cccc2c(C(C)C)c(-c3c(OC(C)(C)C)ccc4ccccc34)ccc12. The van der Waals surface area contributed by atoms with Crippen LogP contribution >= 0.6 is 0 Å². The molecule has 0 saturated heterocycles. The Morgan fingerprint density at radius 3 is 2.03 bits per heavy atom. The van der Waals surface area contributed by atoms with E-state index in [-0.39, 0.29) is 5.60 Å². The number of rotatable bonds is 4. The van der Waals surface area contributed by atoms with Crippen LogP contribution in [0.4, 0.5) is 0 Å². The second-order valence-corrected chi connectivity index (χ2v) is 10.2. The third-order valence-electron chi connectivity index (χ3n) is 5.91.